The molecule has 0 heterocycles. The van der Waals surface area contributed by atoms with Crippen molar-refractivity contribution in [1.29, 1.82) is 0 Å². The Morgan fingerprint density at radius 3 is 2.53 bits per heavy atom. The number of rotatable bonds is 11. The molecule has 10 heteroatoms. The second-order valence-corrected chi connectivity index (χ2v) is 13.7. The predicted octanol–water partition coefficient (Wildman–Crippen LogP) is 3.26. The Hall–Kier alpha value is -3.63. The number of ketones is 2. The molecule has 4 aliphatic rings. The number of Topliss-reactive ketones (excluding diaryl/α,β-unsaturated/α-hetero) is 1. The summed E-state index contributed by atoms with van der Waals surface area (Å²) in [6, 6.07) is 8.99. The van der Waals surface area contributed by atoms with Gasteiger partial charge in [-0.3, -0.25) is 24.0 Å². The molecule has 0 spiro atoms. The minimum atomic E-state index is -1.77. The van der Waals surface area contributed by atoms with Crippen molar-refractivity contribution in [2.45, 2.75) is 82.8 Å². The summed E-state index contributed by atoms with van der Waals surface area (Å²) in [6.45, 7) is 3.38. The van der Waals surface area contributed by atoms with Crippen molar-refractivity contribution in [3.05, 3.63) is 59.7 Å². The Morgan fingerprint density at radius 1 is 1.09 bits per heavy atom. The Morgan fingerprint density at radius 2 is 1.82 bits per heavy atom. The number of aliphatic hydroxyl groups is 2. The van der Waals surface area contributed by atoms with E-state index in [-0.39, 0.29) is 62.2 Å². The maximum absolute atomic E-state index is 13.5. The SMILES string of the molecule is CC12C=CC(=O)C=C1CCC1C2C(O)CC2(C)C1CCC2(O)C(=O)COC(=O)CCC(=O)NCC(CC(=O)O)c1ccccc1. The molecule has 8 atom stereocenters. The zero-order valence-electron chi connectivity index (χ0n) is 25.9. The van der Waals surface area contributed by atoms with Gasteiger partial charge in [-0.15, -0.1) is 0 Å². The Labute approximate surface area is 262 Å². The third kappa shape index (κ3) is 6.14. The number of nitrogens with one attached hydrogen (secondary N) is 1. The first-order valence-corrected chi connectivity index (χ1v) is 15.9. The van der Waals surface area contributed by atoms with Crippen LogP contribution in [0.15, 0.2) is 54.1 Å². The molecule has 1 amide bonds. The molecule has 0 aromatic heterocycles. The van der Waals surface area contributed by atoms with Crippen LogP contribution in [0.2, 0.25) is 0 Å². The number of carbonyl (C=O) groups is 5. The van der Waals surface area contributed by atoms with Crippen LogP contribution >= 0.6 is 0 Å². The summed E-state index contributed by atoms with van der Waals surface area (Å²) >= 11 is 0. The third-order valence-corrected chi connectivity index (χ3v) is 11.3. The largest absolute Gasteiger partial charge is 0.481 e. The van der Waals surface area contributed by atoms with E-state index in [1.54, 1.807) is 36.4 Å². The van der Waals surface area contributed by atoms with Crippen molar-refractivity contribution in [1.82, 2.24) is 5.32 Å². The predicted molar refractivity (Wildman–Crippen MR) is 163 cm³/mol. The first-order valence-electron chi connectivity index (χ1n) is 15.9. The van der Waals surface area contributed by atoms with Crippen molar-refractivity contribution >= 4 is 29.4 Å². The number of fused-ring (bicyclic) bond motifs is 5. The van der Waals surface area contributed by atoms with E-state index >= 15 is 0 Å². The molecule has 1 aromatic carbocycles. The zero-order valence-corrected chi connectivity index (χ0v) is 25.9. The normalized spacial score (nSPS) is 34.0. The van der Waals surface area contributed by atoms with Gasteiger partial charge in [-0.1, -0.05) is 55.8 Å². The average molecular weight is 622 g/mol. The number of benzene rings is 1. The second kappa shape index (κ2) is 12.6. The summed E-state index contributed by atoms with van der Waals surface area (Å²) in [4.78, 5) is 61.7. The van der Waals surface area contributed by atoms with Crippen molar-refractivity contribution in [3.8, 4) is 0 Å². The molecular formula is C35H43NO9. The Kier molecular flexibility index (Phi) is 9.20. The summed E-state index contributed by atoms with van der Waals surface area (Å²) in [5.74, 6) is -3.37. The van der Waals surface area contributed by atoms with Crippen molar-refractivity contribution in [3.63, 3.8) is 0 Å². The highest BCUT2D eigenvalue weighted by Crippen LogP contribution is 2.67. The first-order chi connectivity index (χ1) is 21.3. The van der Waals surface area contributed by atoms with Crippen LogP contribution in [0, 0.1) is 28.6 Å². The highest BCUT2D eigenvalue weighted by atomic mass is 16.5. The lowest BCUT2D eigenvalue weighted by Crippen LogP contribution is -2.61. The molecular weight excluding hydrogens is 578 g/mol. The van der Waals surface area contributed by atoms with Gasteiger partial charge in [0, 0.05) is 35.6 Å². The topological polar surface area (TPSA) is 167 Å². The van der Waals surface area contributed by atoms with Gasteiger partial charge in [-0.25, -0.2) is 0 Å². The minimum absolute atomic E-state index is 0.0236. The van der Waals surface area contributed by atoms with Crippen LogP contribution in [0.4, 0.5) is 0 Å². The van der Waals surface area contributed by atoms with Crippen LogP contribution in [0.1, 0.15) is 76.7 Å². The number of aliphatic hydroxyl groups excluding tert-OH is 1. The van der Waals surface area contributed by atoms with Crippen LogP contribution < -0.4 is 5.32 Å². The summed E-state index contributed by atoms with van der Waals surface area (Å²) in [5.41, 5.74) is -1.33. The molecule has 1 aromatic rings. The monoisotopic (exact) mass is 621 g/mol. The number of hydrogen-bond donors (Lipinski definition) is 4. The molecule has 4 aliphatic carbocycles. The summed E-state index contributed by atoms with van der Waals surface area (Å²) in [7, 11) is 0. The molecule has 4 N–H and O–H groups in total. The van der Waals surface area contributed by atoms with Crippen LogP contribution in [0.5, 0.6) is 0 Å². The average Bonchev–Trinajstić information content (AvgIpc) is 3.27. The van der Waals surface area contributed by atoms with Gasteiger partial charge in [0.2, 0.25) is 11.7 Å². The van der Waals surface area contributed by atoms with Gasteiger partial charge in [0.25, 0.3) is 0 Å². The molecule has 0 radical (unpaired) electrons. The van der Waals surface area contributed by atoms with Gasteiger partial charge in [-0.2, -0.15) is 0 Å². The number of allylic oxidation sites excluding steroid dienone is 4. The van der Waals surface area contributed by atoms with Crippen LogP contribution in [-0.4, -0.2) is 69.6 Å². The summed E-state index contributed by atoms with van der Waals surface area (Å²) < 4.78 is 5.22. The summed E-state index contributed by atoms with van der Waals surface area (Å²) in [6.07, 6.45) is 6.23. The summed E-state index contributed by atoms with van der Waals surface area (Å²) in [5, 5.41) is 35.3. The van der Waals surface area contributed by atoms with Gasteiger partial charge in [0.05, 0.1) is 18.9 Å². The van der Waals surface area contributed by atoms with Gasteiger partial charge < -0.3 is 25.4 Å². The Balaban J connectivity index is 1.14. The number of aliphatic carboxylic acids is 1. The van der Waals surface area contributed by atoms with E-state index in [2.05, 4.69) is 12.2 Å². The number of carbonyl (C=O) groups excluding carboxylic acids is 4. The lowest BCUT2D eigenvalue weighted by Gasteiger charge is -2.59. The van der Waals surface area contributed by atoms with E-state index in [1.807, 2.05) is 19.1 Å². The number of carboxylic acid groups (broad SMARTS) is 1. The maximum atomic E-state index is 13.5. The van der Waals surface area contributed by atoms with E-state index in [0.717, 1.165) is 24.0 Å². The van der Waals surface area contributed by atoms with Crippen molar-refractivity contribution in [2.24, 2.45) is 28.6 Å². The van der Waals surface area contributed by atoms with Crippen molar-refractivity contribution in [2.75, 3.05) is 13.2 Å². The van der Waals surface area contributed by atoms with Crippen LogP contribution in [-0.2, 0) is 28.7 Å². The lowest BCUT2D eigenvalue weighted by molar-refractivity contribution is -0.181. The number of esters is 1. The molecule has 242 valence electrons. The van der Waals surface area contributed by atoms with Gasteiger partial charge in [0.1, 0.15) is 5.60 Å². The minimum Gasteiger partial charge on any atom is -0.481 e. The fraction of sp³-hybridized carbons (Fsp3) is 0.571. The standard InChI is InChI=1S/C35H43NO9/c1-33-14-12-24(37)17-23(33)8-9-25-26-13-15-35(44,34(26,2)18-27(38)32(25)33)28(39)20-45-31(43)11-10-29(40)36-19-22(16-30(41)42)21-6-4-3-5-7-21/h3-7,12,14,17,22,25-27,32,38,44H,8-11,13,15-16,18-20H2,1-2H3,(H,36,40)(H,41,42). The molecule has 3 fully saturated rings. The molecule has 10 nitrogen and oxygen atoms in total. The van der Waals surface area contributed by atoms with E-state index in [0.29, 0.717) is 6.42 Å². The highest BCUT2D eigenvalue weighted by molar-refractivity contribution is 6.01. The lowest BCUT2D eigenvalue weighted by atomic mass is 9.46. The smallest absolute Gasteiger partial charge is 0.306 e. The fourth-order valence-electron chi connectivity index (χ4n) is 8.91. The zero-order chi connectivity index (χ0) is 32.6. The van der Waals surface area contributed by atoms with Gasteiger partial charge in [-0.05, 0) is 61.7 Å². The Bertz CT molecular complexity index is 1420. The maximum Gasteiger partial charge on any atom is 0.306 e. The van der Waals surface area contributed by atoms with Crippen LogP contribution in [0.3, 0.4) is 0 Å². The van der Waals surface area contributed by atoms with E-state index < -0.39 is 58.7 Å². The van der Waals surface area contributed by atoms with E-state index in [1.165, 1.54) is 0 Å². The molecule has 3 saturated carbocycles. The third-order valence-electron chi connectivity index (χ3n) is 11.3. The fourth-order valence-corrected chi connectivity index (χ4v) is 8.91. The molecule has 0 bridgehead atoms. The van der Waals surface area contributed by atoms with Crippen LogP contribution in [0.25, 0.3) is 0 Å². The van der Waals surface area contributed by atoms with E-state index in [4.69, 9.17) is 4.74 Å². The number of carboxylic acids is 1. The molecule has 45 heavy (non-hydrogen) atoms. The molecule has 5 rings (SSSR count). The quantitative estimate of drug-likeness (QED) is 0.271. The van der Waals surface area contributed by atoms with Crippen molar-refractivity contribution < 1.29 is 44.0 Å². The highest BCUT2D eigenvalue weighted by Gasteiger charge is 2.68. The number of ether oxygens (including phenoxy) is 1. The number of hydrogen-bond acceptors (Lipinski definition) is 8. The van der Waals surface area contributed by atoms with Gasteiger partial charge >= 0.3 is 11.9 Å². The van der Waals surface area contributed by atoms with Gasteiger partial charge in [0.15, 0.2) is 12.4 Å². The molecule has 8 unspecified atom stereocenters. The number of amides is 1. The molecule has 0 aliphatic heterocycles. The van der Waals surface area contributed by atoms with E-state index in [9.17, 15) is 39.3 Å². The molecule has 0 saturated heterocycles. The first kappa shape index (κ1) is 32.8. The second-order valence-electron chi connectivity index (χ2n) is 13.7.